The molecule has 15 heavy (non-hydrogen) atoms. The van der Waals surface area contributed by atoms with Gasteiger partial charge in [0.25, 0.3) is 0 Å². The van der Waals surface area contributed by atoms with Gasteiger partial charge in [-0.2, -0.15) is 0 Å². The van der Waals surface area contributed by atoms with Crippen LogP contribution in [0.4, 0.5) is 0 Å². The Labute approximate surface area is 92.5 Å². The molecule has 0 bridgehead atoms. The van der Waals surface area contributed by atoms with Crippen LogP contribution in [0.2, 0.25) is 0 Å². The normalized spacial score (nSPS) is 13.2. The van der Waals surface area contributed by atoms with E-state index in [2.05, 4.69) is 24.3 Å². The van der Waals surface area contributed by atoms with E-state index in [1.165, 1.54) is 5.56 Å². The van der Waals surface area contributed by atoms with Gasteiger partial charge in [0.05, 0.1) is 6.10 Å². The second-order valence-corrected chi connectivity index (χ2v) is 3.84. The summed E-state index contributed by atoms with van der Waals surface area (Å²) < 4.78 is 0. The van der Waals surface area contributed by atoms with Crippen LogP contribution < -0.4 is 0 Å². The third-order valence-electron chi connectivity index (χ3n) is 2.49. The highest BCUT2D eigenvalue weighted by Crippen LogP contribution is 2.08. The standard InChI is InChI=1S/C14H20O/c1-2-3-11-14(15)12-7-10-13-8-5-4-6-9-13/h2-6,8-9,14-15H,7,10-12H2,1H3/t14-/m1/s1. The molecule has 0 aliphatic heterocycles. The van der Waals surface area contributed by atoms with Crippen molar-refractivity contribution >= 4 is 0 Å². The number of rotatable bonds is 6. The van der Waals surface area contributed by atoms with Gasteiger partial charge in [-0.15, -0.1) is 0 Å². The zero-order valence-electron chi connectivity index (χ0n) is 9.39. The van der Waals surface area contributed by atoms with Crippen molar-refractivity contribution < 1.29 is 5.11 Å². The van der Waals surface area contributed by atoms with E-state index in [0.29, 0.717) is 0 Å². The summed E-state index contributed by atoms with van der Waals surface area (Å²) in [6.07, 6.45) is 7.62. The molecule has 0 aliphatic rings. The Kier molecular flexibility index (Phi) is 5.79. The molecule has 0 aromatic heterocycles. The molecule has 0 fully saturated rings. The Hall–Kier alpha value is -1.08. The first-order valence-electron chi connectivity index (χ1n) is 5.66. The minimum atomic E-state index is -0.176. The molecule has 0 aliphatic carbocycles. The molecule has 1 rings (SSSR count). The van der Waals surface area contributed by atoms with Crippen molar-refractivity contribution in [2.24, 2.45) is 0 Å². The molecule has 1 N–H and O–H groups in total. The van der Waals surface area contributed by atoms with E-state index < -0.39 is 0 Å². The lowest BCUT2D eigenvalue weighted by molar-refractivity contribution is 0.165. The monoisotopic (exact) mass is 204 g/mol. The van der Waals surface area contributed by atoms with Crippen molar-refractivity contribution in [2.75, 3.05) is 0 Å². The molecule has 82 valence electrons. The molecule has 0 saturated carbocycles. The van der Waals surface area contributed by atoms with E-state index in [1.54, 1.807) is 0 Å². The summed E-state index contributed by atoms with van der Waals surface area (Å²) in [6.45, 7) is 1.98. The summed E-state index contributed by atoms with van der Waals surface area (Å²) in [5, 5.41) is 9.61. The molecule has 1 atom stereocenters. The van der Waals surface area contributed by atoms with E-state index in [4.69, 9.17) is 0 Å². The quantitative estimate of drug-likeness (QED) is 0.705. The first-order valence-corrected chi connectivity index (χ1v) is 5.66. The summed E-state index contributed by atoms with van der Waals surface area (Å²) in [4.78, 5) is 0. The van der Waals surface area contributed by atoms with Gasteiger partial charge < -0.3 is 5.11 Å². The van der Waals surface area contributed by atoms with Crippen molar-refractivity contribution in [3.8, 4) is 0 Å². The molecule has 0 unspecified atom stereocenters. The first-order chi connectivity index (χ1) is 7.33. The second kappa shape index (κ2) is 7.24. The van der Waals surface area contributed by atoms with Crippen LogP contribution in [0.15, 0.2) is 42.5 Å². The van der Waals surface area contributed by atoms with Gasteiger partial charge in [0.2, 0.25) is 0 Å². The smallest absolute Gasteiger partial charge is 0.0574 e. The Morgan fingerprint density at radius 3 is 2.67 bits per heavy atom. The van der Waals surface area contributed by atoms with E-state index in [1.807, 2.05) is 25.1 Å². The van der Waals surface area contributed by atoms with Gasteiger partial charge >= 0.3 is 0 Å². The predicted octanol–water partition coefficient (Wildman–Crippen LogP) is 3.34. The van der Waals surface area contributed by atoms with Gasteiger partial charge in [-0.1, -0.05) is 42.5 Å². The average Bonchev–Trinajstić information content (AvgIpc) is 2.28. The van der Waals surface area contributed by atoms with E-state index >= 15 is 0 Å². The topological polar surface area (TPSA) is 20.2 Å². The highest BCUT2D eigenvalue weighted by molar-refractivity contribution is 5.14. The highest BCUT2D eigenvalue weighted by atomic mass is 16.3. The van der Waals surface area contributed by atoms with Gasteiger partial charge in [-0.3, -0.25) is 0 Å². The third kappa shape index (κ3) is 5.38. The van der Waals surface area contributed by atoms with Crippen molar-refractivity contribution in [1.29, 1.82) is 0 Å². The molecule has 0 radical (unpaired) electrons. The molecular weight excluding hydrogens is 184 g/mol. The van der Waals surface area contributed by atoms with Gasteiger partial charge in [-0.05, 0) is 38.2 Å². The predicted molar refractivity (Wildman–Crippen MR) is 64.8 cm³/mol. The molecular formula is C14H20O. The van der Waals surface area contributed by atoms with Crippen LogP contribution in [0.25, 0.3) is 0 Å². The SMILES string of the molecule is CC=CC[C@@H](O)CCCc1ccccc1. The number of aryl methyl sites for hydroxylation is 1. The fraction of sp³-hybridized carbons (Fsp3) is 0.429. The van der Waals surface area contributed by atoms with Gasteiger partial charge in [0, 0.05) is 0 Å². The molecule has 0 spiro atoms. The lowest BCUT2D eigenvalue weighted by atomic mass is 10.0. The maximum absolute atomic E-state index is 9.61. The minimum Gasteiger partial charge on any atom is -0.393 e. The number of hydrogen-bond donors (Lipinski definition) is 1. The number of aliphatic hydroxyl groups is 1. The minimum absolute atomic E-state index is 0.176. The number of aliphatic hydroxyl groups excluding tert-OH is 1. The number of hydrogen-bond acceptors (Lipinski definition) is 1. The summed E-state index contributed by atoms with van der Waals surface area (Å²) in [5.74, 6) is 0. The van der Waals surface area contributed by atoms with Gasteiger partial charge in [0.1, 0.15) is 0 Å². The summed E-state index contributed by atoms with van der Waals surface area (Å²) >= 11 is 0. The fourth-order valence-electron chi connectivity index (χ4n) is 1.60. The number of benzene rings is 1. The van der Waals surface area contributed by atoms with E-state index in [0.717, 1.165) is 25.7 Å². The molecule has 0 amide bonds. The fourth-order valence-corrected chi connectivity index (χ4v) is 1.60. The van der Waals surface area contributed by atoms with Crippen LogP contribution in [-0.4, -0.2) is 11.2 Å². The Morgan fingerprint density at radius 1 is 1.27 bits per heavy atom. The van der Waals surface area contributed by atoms with Crippen LogP contribution in [0.5, 0.6) is 0 Å². The lowest BCUT2D eigenvalue weighted by Gasteiger charge is -2.07. The largest absolute Gasteiger partial charge is 0.393 e. The van der Waals surface area contributed by atoms with Gasteiger partial charge in [0.15, 0.2) is 0 Å². The maximum atomic E-state index is 9.61. The molecule has 1 aromatic carbocycles. The van der Waals surface area contributed by atoms with Crippen molar-refractivity contribution in [2.45, 2.75) is 38.7 Å². The van der Waals surface area contributed by atoms with Crippen molar-refractivity contribution in [3.63, 3.8) is 0 Å². The Morgan fingerprint density at radius 2 is 2.00 bits per heavy atom. The van der Waals surface area contributed by atoms with Crippen LogP contribution in [0.3, 0.4) is 0 Å². The zero-order valence-corrected chi connectivity index (χ0v) is 9.39. The van der Waals surface area contributed by atoms with E-state index in [-0.39, 0.29) is 6.10 Å². The summed E-state index contributed by atoms with van der Waals surface area (Å²) in [7, 11) is 0. The Bertz CT molecular complexity index is 277. The summed E-state index contributed by atoms with van der Waals surface area (Å²) in [6, 6.07) is 10.4. The summed E-state index contributed by atoms with van der Waals surface area (Å²) in [5.41, 5.74) is 1.36. The van der Waals surface area contributed by atoms with Crippen molar-refractivity contribution in [3.05, 3.63) is 48.0 Å². The molecule has 0 saturated heterocycles. The Balaban J connectivity index is 2.16. The lowest BCUT2D eigenvalue weighted by Crippen LogP contribution is -2.05. The molecule has 0 heterocycles. The highest BCUT2D eigenvalue weighted by Gasteiger charge is 2.01. The van der Waals surface area contributed by atoms with Crippen LogP contribution in [-0.2, 0) is 6.42 Å². The molecule has 1 aromatic rings. The van der Waals surface area contributed by atoms with Crippen LogP contribution in [0, 0.1) is 0 Å². The average molecular weight is 204 g/mol. The number of allylic oxidation sites excluding steroid dienone is 1. The zero-order chi connectivity index (χ0) is 10.9. The van der Waals surface area contributed by atoms with E-state index in [9.17, 15) is 5.11 Å². The molecule has 1 heteroatoms. The maximum Gasteiger partial charge on any atom is 0.0574 e. The van der Waals surface area contributed by atoms with Crippen molar-refractivity contribution in [1.82, 2.24) is 0 Å². The van der Waals surface area contributed by atoms with Crippen LogP contribution in [0.1, 0.15) is 31.7 Å². The first kappa shape index (κ1) is 12.0. The second-order valence-electron chi connectivity index (χ2n) is 3.84. The third-order valence-corrected chi connectivity index (χ3v) is 2.49. The van der Waals surface area contributed by atoms with Crippen LogP contribution >= 0.6 is 0 Å². The molecule has 1 nitrogen and oxygen atoms in total. The van der Waals surface area contributed by atoms with Gasteiger partial charge in [-0.25, -0.2) is 0 Å².